The molecule has 0 aliphatic carbocycles. The van der Waals surface area contributed by atoms with Crippen molar-refractivity contribution in [2.45, 2.75) is 25.8 Å². The number of fused-ring (bicyclic) bond motifs is 1. The predicted octanol–water partition coefficient (Wildman–Crippen LogP) is 4.57. The lowest BCUT2D eigenvalue weighted by Gasteiger charge is -2.08. The van der Waals surface area contributed by atoms with Crippen molar-refractivity contribution in [2.24, 2.45) is 5.73 Å². The highest BCUT2D eigenvalue weighted by Crippen LogP contribution is 2.31. The number of thiophene rings is 1. The van der Waals surface area contributed by atoms with E-state index in [4.69, 9.17) is 10.2 Å². The van der Waals surface area contributed by atoms with Gasteiger partial charge in [0, 0.05) is 15.8 Å². The summed E-state index contributed by atoms with van der Waals surface area (Å²) < 4.78 is 19.1. The zero-order chi connectivity index (χ0) is 14.1. The molecule has 2 aromatic heterocycles. The van der Waals surface area contributed by atoms with Crippen molar-refractivity contribution in [3.8, 4) is 0 Å². The van der Waals surface area contributed by atoms with Gasteiger partial charge in [-0.3, -0.25) is 0 Å². The molecule has 20 heavy (non-hydrogen) atoms. The largest absolute Gasteiger partial charge is 0.459 e. The fourth-order valence-corrected chi connectivity index (χ4v) is 3.17. The topological polar surface area (TPSA) is 39.2 Å². The second-order valence-electron chi connectivity index (χ2n) is 4.96. The van der Waals surface area contributed by atoms with Gasteiger partial charge in [0.25, 0.3) is 0 Å². The van der Waals surface area contributed by atoms with Crippen molar-refractivity contribution < 1.29 is 8.81 Å². The van der Waals surface area contributed by atoms with E-state index in [1.54, 1.807) is 17.4 Å². The SMILES string of the molecule is Cc1c(C(N)CCc2cccs2)oc2ccc(F)cc12. The second kappa shape index (κ2) is 5.38. The third-order valence-corrected chi connectivity index (χ3v) is 4.49. The zero-order valence-corrected chi connectivity index (χ0v) is 12.0. The fraction of sp³-hybridized carbons (Fsp3) is 0.250. The molecule has 0 saturated heterocycles. The summed E-state index contributed by atoms with van der Waals surface area (Å²) in [6, 6.07) is 8.56. The van der Waals surface area contributed by atoms with Gasteiger partial charge < -0.3 is 10.2 Å². The molecule has 4 heteroatoms. The summed E-state index contributed by atoms with van der Waals surface area (Å²) in [5, 5.41) is 2.88. The molecule has 1 atom stereocenters. The summed E-state index contributed by atoms with van der Waals surface area (Å²) in [5.41, 5.74) is 7.87. The lowest BCUT2D eigenvalue weighted by molar-refractivity contribution is 0.475. The lowest BCUT2D eigenvalue weighted by Crippen LogP contribution is -2.11. The molecule has 0 radical (unpaired) electrons. The minimum absolute atomic E-state index is 0.160. The van der Waals surface area contributed by atoms with Crippen LogP contribution in [0.3, 0.4) is 0 Å². The first kappa shape index (κ1) is 13.3. The van der Waals surface area contributed by atoms with Crippen molar-refractivity contribution in [3.05, 3.63) is 57.7 Å². The monoisotopic (exact) mass is 289 g/mol. The van der Waals surface area contributed by atoms with Crippen molar-refractivity contribution in [1.82, 2.24) is 0 Å². The molecule has 0 spiro atoms. The maximum atomic E-state index is 13.3. The number of hydrogen-bond acceptors (Lipinski definition) is 3. The van der Waals surface area contributed by atoms with Crippen LogP contribution in [0.2, 0.25) is 0 Å². The van der Waals surface area contributed by atoms with Crippen molar-refractivity contribution in [3.63, 3.8) is 0 Å². The number of rotatable bonds is 4. The molecular formula is C16H16FNOS. The lowest BCUT2D eigenvalue weighted by atomic mass is 10.0. The Labute approximate surface area is 121 Å². The van der Waals surface area contributed by atoms with Gasteiger partial charge in [-0.05, 0) is 49.4 Å². The Morgan fingerprint density at radius 3 is 2.95 bits per heavy atom. The van der Waals surface area contributed by atoms with E-state index in [1.807, 2.05) is 13.0 Å². The van der Waals surface area contributed by atoms with Crippen LogP contribution in [0.25, 0.3) is 11.0 Å². The highest BCUT2D eigenvalue weighted by atomic mass is 32.1. The first-order valence-corrected chi connectivity index (χ1v) is 7.49. The van der Waals surface area contributed by atoms with Gasteiger partial charge in [0.1, 0.15) is 17.2 Å². The van der Waals surface area contributed by atoms with Gasteiger partial charge in [0.2, 0.25) is 0 Å². The Balaban J connectivity index is 1.84. The molecule has 2 heterocycles. The van der Waals surface area contributed by atoms with Gasteiger partial charge in [-0.15, -0.1) is 11.3 Å². The molecule has 3 aromatic rings. The van der Waals surface area contributed by atoms with Gasteiger partial charge in [-0.25, -0.2) is 4.39 Å². The summed E-state index contributed by atoms with van der Waals surface area (Å²) in [4.78, 5) is 1.32. The molecule has 0 amide bonds. The van der Waals surface area contributed by atoms with Crippen LogP contribution in [0.15, 0.2) is 40.1 Å². The predicted molar refractivity (Wildman–Crippen MR) is 80.5 cm³/mol. The number of furan rings is 1. The van der Waals surface area contributed by atoms with Crippen LogP contribution in [0, 0.1) is 12.7 Å². The molecule has 0 saturated carbocycles. The molecule has 1 unspecified atom stereocenters. The van der Waals surface area contributed by atoms with Crippen LogP contribution >= 0.6 is 11.3 Å². The van der Waals surface area contributed by atoms with Crippen LogP contribution in [0.5, 0.6) is 0 Å². The van der Waals surface area contributed by atoms with E-state index >= 15 is 0 Å². The Bertz CT molecular complexity index is 717. The maximum absolute atomic E-state index is 13.3. The van der Waals surface area contributed by atoms with Gasteiger partial charge in [0.15, 0.2) is 0 Å². The first-order valence-electron chi connectivity index (χ1n) is 6.61. The zero-order valence-electron chi connectivity index (χ0n) is 11.2. The fourth-order valence-electron chi connectivity index (χ4n) is 2.45. The van der Waals surface area contributed by atoms with Gasteiger partial charge in [-0.2, -0.15) is 0 Å². The standard InChI is InChI=1S/C16H16FNOS/c1-10-13-9-11(17)4-7-15(13)19-16(10)14(18)6-5-12-3-2-8-20-12/h2-4,7-9,14H,5-6,18H2,1H3. The minimum atomic E-state index is -0.250. The molecule has 104 valence electrons. The van der Waals surface area contributed by atoms with Crippen molar-refractivity contribution in [2.75, 3.05) is 0 Å². The normalized spacial score (nSPS) is 12.9. The average Bonchev–Trinajstić information content (AvgIpc) is 3.05. The van der Waals surface area contributed by atoms with Gasteiger partial charge in [0.05, 0.1) is 6.04 Å². The van der Waals surface area contributed by atoms with Crippen LogP contribution in [0.1, 0.15) is 28.7 Å². The maximum Gasteiger partial charge on any atom is 0.134 e. The average molecular weight is 289 g/mol. The number of benzene rings is 1. The third kappa shape index (κ3) is 2.49. The molecule has 3 rings (SSSR count). The van der Waals surface area contributed by atoms with E-state index in [0.29, 0.717) is 5.58 Å². The highest BCUT2D eigenvalue weighted by Gasteiger charge is 2.17. The quantitative estimate of drug-likeness (QED) is 0.764. The number of aryl methyl sites for hydroxylation is 2. The first-order chi connectivity index (χ1) is 9.65. The Kier molecular flexibility index (Phi) is 3.59. The summed E-state index contributed by atoms with van der Waals surface area (Å²) >= 11 is 1.74. The number of halogens is 1. The van der Waals surface area contributed by atoms with E-state index in [-0.39, 0.29) is 11.9 Å². The van der Waals surface area contributed by atoms with Crippen molar-refractivity contribution in [1.29, 1.82) is 0 Å². The number of hydrogen-bond donors (Lipinski definition) is 1. The smallest absolute Gasteiger partial charge is 0.134 e. The molecule has 0 aliphatic heterocycles. The van der Waals surface area contributed by atoms with E-state index < -0.39 is 0 Å². The molecule has 2 N–H and O–H groups in total. The Morgan fingerprint density at radius 1 is 1.35 bits per heavy atom. The van der Waals surface area contributed by atoms with Gasteiger partial charge >= 0.3 is 0 Å². The molecule has 0 aliphatic rings. The van der Waals surface area contributed by atoms with E-state index in [0.717, 1.165) is 29.6 Å². The second-order valence-corrected chi connectivity index (χ2v) is 5.99. The summed E-state index contributed by atoms with van der Waals surface area (Å²) in [5.74, 6) is 0.516. The van der Waals surface area contributed by atoms with Crippen LogP contribution in [-0.2, 0) is 6.42 Å². The molecule has 0 bridgehead atoms. The van der Waals surface area contributed by atoms with Crippen LogP contribution in [0.4, 0.5) is 4.39 Å². The van der Waals surface area contributed by atoms with Crippen LogP contribution < -0.4 is 5.73 Å². The van der Waals surface area contributed by atoms with E-state index in [2.05, 4.69) is 11.4 Å². The third-order valence-electron chi connectivity index (χ3n) is 3.55. The number of nitrogens with two attached hydrogens (primary N) is 1. The molecular weight excluding hydrogens is 273 g/mol. The highest BCUT2D eigenvalue weighted by molar-refractivity contribution is 7.09. The van der Waals surface area contributed by atoms with Crippen molar-refractivity contribution >= 4 is 22.3 Å². The minimum Gasteiger partial charge on any atom is -0.459 e. The Hall–Kier alpha value is -1.65. The molecule has 1 aromatic carbocycles. The van der Waals surface area contributed by atoms with E-state index in [9.17, 15) is 4.39 Å². The van der Waals surface area contributed by atoms with Gasteiger partial charge in [-0.1, -0.05) is 6.07 Å². The summed E-state index contributed by atoms with van der Waals surface area (Å²) in [7, 11) is 0. The van der Waals surface area contributed by atoms with Crippen LogP contribution in [-0.4, -0.2) is 0 Å². The molecule has 0 fully saturated rings. The summed E-state index contributed by atoms with van der Waals surface area (Å²) in [6.07, 6.45) is 1.76. The summed E-state index contributed by atoms with van der Waals surface area (Å²) in [6.45, 7) is 1.94. The Morgan fingerprint density at radius 2 is 2.20 bits per heavy atom. The van der Waals surface area contributed by atoms with E-state index in [1.165, 1.54) is 17.0 Å². The molecule has 2 nitrogen and oxygen atoms in total.